The molecule has 7 heteroatoms. The number of aliphatic hydroxyl groups is 1. The number of nitrogens with one attached hydrogen (secondary N) is 1. The van der Waals surface area contributed by atoms with Gasteiger partial charge in [0.2, 0.25) is 0 Å². The van der Waals surface area contributed by atoms with Gasteiger partial charge in [0.1, 0.15) is 11.6 Å². The topological polar surface area (TPSA) is 70.4 Å². The van der Waals surface area contributed by atoms with E-state index in [1.165, 1.54) is 12.1 Å². The largest absolute Gasteiger partial charge is 0.396 e. The van der Waals surface area contributed by atoms with Gasteiger partial charge in [0.15, 0.2) is 0 Å². The molecule has 2 heterocycles. The summed E-state index contributed by atoms with van der Waals surface area (Å²) in [6.45, 7) is 3.58. The van der Waals surface area contributed by atoms with Crippen molar-refractivity contribution in [3.63, 3.8) is 0 Å². The normalized spacial score (nSPS) is 17.6. The molecule has 1 aromatic carbocycles. The van der Waals surface area contributed by atoms with E-state index < -0.39 is 0 Å². The summed E-state index contributed by atoms with van der Waals surface area (Å²) in [4.78, 5) is 14.3. The van der Waals surface area contributed by atoms with Crippen LogP contribution in [0, 0.1) is 18.7 Å². The molecule has 2 amide bonds. The Morgan fingerprint density at radius 1 is 1.48 bits per heavy atom. The van der Waals surface area contributed by atoms with Crippen molar-refractivity contribution in [1.29, 1.82) is 0 Å². The summed E-state index contributed by atoms with van der Waals surface area (Å²) in [5.74, 6) is 0.452. The SMILES string of the molecule is Cc1cnn(Cc2cccc(F)c2)c1NC(=O)N1CCCC(CO)C1. The third-order valence-corrected chi connectivity index (χ3v) is 4.53. The van der Waals surface area contributed by atoms with Crippen LogP contribution >= 0.6 is 0 Å². The minimum absolute atomic E-state index is 0.0975. The van der Waals surface area contributed by atoms with Crippen LogP contribution in [0.3, 0.4) is 0 Å². The number of piperidine rings is 1. The Bertz CT molecular complexity index is 746. The van der Waals surface area contributed by atoms with Crippen molar-refractivity contribution in [1.82, 2.24) is 14.7 Å². The molecule has 0 bridgehead atoms. The van der Waals surface area contributed by atoms with Crippen molar-refractivity contribution in [2.75, 3.05) is 25.0 Å². The molecule has 1 aliphatic heterocycles. The van der Waals surface area contributed by atoms with E-state index in [0.29, 0.717) is 25.5 Å². The average molecular weight is 346 g/mol. The van der Waals surface area contributed by atoms with Gasteiger partial charge in [-0.15, -0.1) is 0 Å². The van der Waals surface area contributed by atoms with Crippen LogP contribution in [0.25, 0.3) is 0 Å². The number of urea groups is 1. The number of aryl methyl sites for hydroxylation is 1. The van der Waals surface area contributed by atoms with E-state index >= 15 is 0 Å². The number of carbonyl (C=O) groups excluding carboxylic acids is 1. The fraction of sp³-hybridized carbons (Fsp3) is 0.444. The average Bonchev–Trinajstić information content (AvgIpc) is 2.95. The highest BCUT2D eigenvalue weighted by Crippen LogP contribution is 2.20. The zero-order valence-corrected chi connectivity index (χ0v) is 14.3. The monoisotopic (exact) mass is 346 g/mol. The van der Waals surface area contributed by atoms with Crippen LogP contribution < -0.4 is 5.32 Å². The van der Waals surface area contributed by atoms with Gasteiger partial charge in [-0.05, 0) is 43.4 Å². The van der Waals surface area contributed by atoms with Gasteiger partial charge in [0.25, 0.3) is 0 Å². The summed E-state index contributed by atoms with van der Waals surface area (Å²) in [6.07, 6.45) is 3.51. The predicted octanol–water partition coefficient (Wildman–Crippen LogP) is 2.62. The van der Waals surface area contributed by atoms with Crippen LogP contribution in [-0.2, 0) is 6.54 Å². The molecule has 1 saturated heterocycles. The molecule has 0 radical (unpaired) electrons. The lowest BCUT2D eigenvalue weighted by molar-refractivity contribution is 0.136. The van der Waals surface area contributed by atoms with Crippen LogP contribution in [-0.4, -0.2) is 45.5 Å². The van der Waals surface area contributed by atoms with Crippen LogP contribution in [0.4, 0.5) is 15.0 Å². The zero-order valence-electron chi connectivity index (χ0n) is 14.3. The Kier molecular flexibility index (Phi) is 5.33. The first-order valence-corrected chi connectivity index (χ1v) is 8.50. The van der Waals surface area contributed by atoms with Crippen LogP contribution in [0.1, 0.15) is 24.0 Å². The molecule has 1 fully saturated rings. The second-order valence-electron chi connectivity index (χ2n) is 6.53. The number of benzene rings is 1. The second-order valence-corrected chi connectivity index (χ2v) is 6.53. The molecule has 2 aromatic rings. The van der Waals surface area contributed by atoms with Crippen molar-refractivity contribution in [2.45, 2.75) is 26.3 Å². The number of likely N-dealkylation sites (tertiary alicyclic amines) is 1. The summed E-state index contributed by atoms with van der Waals surface area (Å²) < 4.78 is 15.0. The Morgan fingerprint density at radius 3 is 3.08 bits per heavy atom. The van der Waals surface area contributed by atoms with Crippen molar-refractivity contribution < 1.29 is 14.3 Å². The van der Waals surface area contributed by atoms with E-state index in [2.05, 4.69) is 10.4 Å². The molecule has 2 N–H and O–H groups in total. The molecule has 1 aromatic heterocycles. The summed E-state index contributed by atoms with van der Waals surface area (Å²) in [6, 6.07) is 6.14. The number of amides is 2. The van der Waals surface area contributed by atoms with Gasteiger partial charge in [-0.25, -0.2) is 13.9 Å². The highest BCUT2D eigenvalue weighted by Gasteiger charge is 2.24. The van der Waals surface area contributed by atoms with Crippen molar-refractivity contribution in [3.8, 4) is 0 Å². The quantitative estimate of drug-likeness (QED) is 0.894. The molecule has 6 nitrogen and oxygen atoms in total. The molecule has 1 aliphatic rings. The first kappa shape index (κ1) is 17.4. The van der Waals surface area contributed by atoms with Gasteiger partial charge in [0.05, 0.1) is 12.7 Å². The molecule has 1 unspecified atom stereocenters. The Labute approximate surface area is 146 Å². The number of hydrogen-bond acceptors (Lipinski definition) is 3. The zero-order chi connectivity index (χ0) is 17.8. The van der Waals surface area contributed by atoms with Gasteiger partial charge in [-0.3, -0.25) is 5.32 Å². The Morgan fingerprint density at radius 2 is 2.32 bits per heavy atom. The molecule has 1 atom stereocenters. The predicted molar refractivity (Wildman–Crippen MR) is 92.9 cm³/mol. The van der Waals surface area contributed by atoms with Crippen molar-refractivity contribution >= 4 is 11.8 Å². The number of nitrogens with zero attached hydrogens (tertiary/aromatic N) is 3. The van der Waals surface area contributed by atoms with Crippen LogP contribution in [0.2, 0.25) is 0 Å². The third-order valence-electron chi connectivity index (χ3n) is 4.53. The van der Waals surface area contributed by atoms with Crippen LogP contribution in [0.5, 0.6) is 0 Å². The minimum atomic E-state index is -0.296. The summed E-state index contributed by atoms with van der Waals surface area (Å²) in [5.41, 5.74) is 1.62. The van der Waals surface area contributed by atoms with Crippen LogP contribution in [0.15, 0.2) is 30.5 Å². The molecule has 25 heavy (non-hydrogen) atoms. The maximum absolute atomic E-state index is 13.4. The molecule has 3 rings (SSSR count). The van der Waals surface area contributed by atoms with Crippen molar-refractivity contribution in [2.24, 2.45) is 5.92 Å². The molecule has 0 spiro atoms. The number of rotatable bonds is 4. The molecule has 0 saturated carbocycles. The van der Waals surface area contributed by atoms with E-state index in [1.54, 1.807) is 21.8 Å². The first-order valence-electron chi connectivity index (χ1n) is 8.50. The fourth-order valence-corrected chi connectivity index (χ4v) is 3.15. The first-order chi connectivity index (χ1) is 12.1. The Balaban J connectivity index is 1.72. The summed E-state index contributed by atoms with van der Waals surface area (Å²) in [5, 5.41) is 16.5. The highest BCUT2D eigenvalue weighted by atomic mass is 19.1. The molecular weight excluding hydrogens is 323 g/mol. The van der Waals surface area contributed by atoms with E-state index in [4.69, 9.17) is 0 Å². The van der Waals surface area contributed by atoms with Gasteiger partial charge in [-0.2, -0.15) is 5.10 Å². The van der Waals surface area contributed by atoms with Gasteiger partial charge < -0.3 is 10.0 Å². The Hall–Kier alpha value is -2.41. The number of halogens is 1. The standard InChI is InChI=1S/C18H23FN4O2/c1-13-9-20-23(11-14-4-2-6-16(19)8-14)17(13)21-18(25)22-7-3-5-15(10-22)12-24/h2,4,6,8-9,15,24H,3,5,7,10-12H2,1H3,(H,21,25). The van der Waals surface area contributed by atoms with E-state index in [9.17, 15) is 14.3 Å². The van der Waals surface area contributed by atoms with Gasteiger partial charge in [0, 0.05) is 25.3 Å². The minimum Gasteiger partial charge on any atom is -0.396 e. The third kappa shape index (κ3) is 4.17. The molecule has 0 aliphatic carbocycles. The maximum atomic E-state index is 13.4. The number of aliphatic hydroxyl groups excluding tert-OH is 1. The molecule has 134 valence electrons. The van der Waals surface area contributed by atoms with E-state index in [1.807, 2.05) is 13.0 Å². The number of hydrogen-bond donors (Lipinski definition) is 2. The van der Waals surface area contributed by atoms with Gasteiger partial charge in [-0.1, -0.05) is 12.1 Å². The fourth-order valence-electron chi connectivity index (χ4n) is 3.15. The lowest BCUT2D eigenvalue weighted by Crippen LogP contribution is -2.43. The number of aromatic nitrogens is 2. The lowest BCUT2D eigenvalue weighted by Gasteiger charge is -2.31. The lowest BCUT2D eigenvalue weighted by atomic mass is 9.99. The van der Waals surface area contributed by atoms with Gasteiger partial charge >= 0.3 is 6.03 Å². The van der Waals surface area contributed by atoms with Crippen molar-refractivity contribution in [3.05, 3.63) is 47.4 Å². The maximum Gasteiger partial charge on any atom is 0.323 e. The summed E-state index contributed by atoms with van der Waals surface area (Å²) >= 11 is 0. The smallest absolute Gasteiger partial charge is 0.323 e. The second kappa shape index (κ2) is 7.65. The highest BCUT2D eigenvalue weighted by molar-refractivity contribution is 5.89. The number of carbonyl (C=O) groups is 1. The molecular formula is C18H23FN4O2. The van der Waals surface area contributed by atoms with E-state index in [-0.39, 0.29) is 24.4 Å². The van der Waals surface area contributed by atoms with E-state index in [0.717, 1.165) is 24.0 Å². The summed E-state index contributed by atoms with van der Waals surface area (Å²) in [7, 11) is 0. The number of anilines is 1.